The van der Waals surface area contributed by atoms with Crippen LogP contribution >= 0.6 is 0 Å². The number of aromatic nitrogens is 4. The van der Waals surface area contributed by atoms with E-state index in [-0.39, 0.29) is 5.91 Å². The molecule has 3 aromatic rings. The lowest BCUT2D eigenvalue weighted by molar-refractivity contribution is 0.0746. The molecule has 0 aliphatic carbocycles. The van der Waals surface area contributed by atoms with E-state index in [4.69, 9.17) is 4.74 Å². The van der Waals surface area contributed by atoms with Gasteiger partial charge >= 0.3 is 0 Å². The number of carbonyl (C=O) groups excluding carboxylic acids is 1. The first-order chi connectivity index (χ1) is 13.6. The van der Waals surface area contributed by atoms with Crippen LogP contribution < -0.4 is 9.64 Å². The minimum absolute atomic E-state index is 0.0395. The highest BCUT2D eigenvalue weighted by Gasteiger charge is 2.23. The van der Waals surface area contributed by atoms with Gasteiger partial charge in [0.1, 0.15) is 17.9 Å². The Morgan fingerprint density at radius 1 is 1.00 bits per heavy atom. The number of amides is 1. The van der Waals surface area contributed by atoms with E-state index in [1.165, 1.54) is 0 Å². The molecule has 1 aliphatic rings. The van der Waals surface area contributed by atoms with Crippen LogP contribution in [-0.4, -0.2) is 63.8 Å². The van der Waals surface area contributed by atoms with E-state index < -0.39 is 0 Å². The number of ether oxygens (including phenoxy) is 1. The van der Waals surface area contributed by atoms with Crippen LogP contribution in [0.5, 0.6) is 5.75 Å². The molecule has 1 aliphatic heterocycles. The Morgan fingerprint density at radius 3 is 2.36 bits per heavy atom. The summed E-state index contributed by atoms with van der Waals surface area (Å²) in [6.07, 6.45) is 3.43. The molecule has 1 saturated heterocycles. The summed E-state index contributed by atoms with van der Waals surface area (Å²) in [7, 11) is 1.61. The molecule has 1 aromatic carbocycles. The zero-order chi connectivity index (χ0) is 19.5. The van der Waals surface area contributed by atoms with Crippen LogP contribution in [0.3, 0.4) is 0 Å². The molecule has 0 radical (unpaired) electrons. The summed E-state index contributed by atoms with van der Waals surface area (Å²) in [5, 5.41) is 4.39. The molecular weight excluding hydrogens is 356 g/mol. The summed E-state index contributed by atoms with van der Waals surface area (Å²) in [5.41, 5.74) is 1.61. The van der Waals surface area contributed by atoms with Crippen LogP contribution in [0.15, 0.2) is 48.9 Å². The highest BCUT2D eigenvalue weighted by atomic mass is 16.5. The lowest BCUT2D eigenvalue weighted by atomic mass is 10.1. The molecular formula is C20H22N6O2. The van der Waals surface area contributed by atoms with Crippen molar-refractivity contribution in [2.24, 2.45) is 0 Å². The van der Waals surface area contributed by atoms with Crippen LogP contribution in [0, 0.1) is 6.92 Å². The van der Waals surface area contributed by atoms with E-state index in [1.54, 1.807) is 30.3 Å². The SMILES string of the molecule is COc1ccc(C(=O)N2CCN(c3cc(-n4ccc(C)n4)ncn3)CC2)cc1. The number of anilines is 1. The maximum atomic E-state index is 12.7. The van der Waals surface area contributed by atoms with E-state index in [1.807, 2.05) is 42.3 Å². The van der Waals surface area contributed by atoms with Crippen molar-refractivity contribution in [3.8, 4) is 11.6 Å². The van der Waals surface area contributed by atoms with Crippen molar-refractivity contribution in [1.29, 1.82) is 0 Å². The molecule has 1 amide bonds. The van der Waals surface area contributed by atoms with Crippen LogP contribution in [0.4, 0.5) is 5.82 Å². The van der Waals surface area contributed by atoms with Crippen molar-refractivity contribution in [1.82, 2.24) is 24.6 Å². The molecule has 144 valence electrons. The van der Waals surface area contributed by atoms with E-state index in [9.17, 15) is 4.79 Å². The van der Waals surface area contributed by atoms with Gasteiger partial charge in [0.15, 0.2) is 5.82 Å². The molecule has 1 fully saturated rings. The lowest BCUT2D eigenvalue weighted by Gasteiger charge is -2.35. The Morgan fingerprint density at radius 2 is 1.71 bits per heavy atom. The number of aryl methyl sites for hydroxylation is 1. The molecule has 8 heteroatoms. The largest absolute Gasteiger partial charge is 0.497 e. The van der Waals surface area contributed by atoms with Crippen LogP contribution in [0.1, 0.15) is 16.1 Å². The molecule has 2 aromatic heterocycles. The van der Waals surface area contributed by atoms with Gasteiger partial charge in [0.2, 0.25) is 0 Å². The van der Waals surface area contributed by atoms with E-state index in [0.29, 0.717) is 18.7 Å². The van der Waals surface area contributed by atoms with E-state index in [0.717, 1.165) is 36.2 Å². The average molecular weight is 378 g/mol. The lowest BCUT2D eigenvalue weighted by Crippen LogP contribution is -2.49. The molecule has 0 N–H and O–H groups in total. The first-order valence-corrected chi connectivity index (χ1v) is 9.17. The maximum Gasteiger partial charge on any atom is 0.253 e. The minimum atomic E-state index is 0.0395. The van der Waals surface area contributed by atoms with Gasteiger partial charge in [-0.1, -0.05) is 0 Å². The number of benzene rings is 1. The van der Waals surface area contributed by atoms with Gasteiger partial charge in [-0.2, -0.15) is 5.10 Å². The third-order valence-corrected chi connectivity index (χ3v) is 4.82. The standard InChI is InChI=1S/C20H22N6O2/c1-15-7-8-26(23-15)19-13-18(21-14-22-19)24-9-11-25(12-10-24)20(27)16-3-5-17(28-2)6-4-16/h3-8,13-14H,9-12H2,1-2H3. The summed E-state index contributed by atoms with van der Waals surface area (Å²) in [6, 6.07) is 11.1. The van der Waals surface area contributed by atoms with Gasteiger partial charge in [-0.3, -0.25) is 4.79 Å². The van der Waals surface area contributed by atoms with Crippen LogP contribution in [-0.2, 0) is 0 Å². The molecule has 0 atom stereocenters. The normalized spacial score (nSPS) is 14.2. The zero-order valence-electron chi connectivity index (χ0n) is 15.9. The van der Waals surface area contributed by atoms with Crippen molar-refractivity contribution < 1.29 is 9.53 Å². The zero-order valence-corrected chi connectivity index (χ0v) is 15.9. The molecule has 28 heavy (non-hydrogen) atoms. The second-order valence-corrected chi connectivity index (χ2v) is 6.64. The molecule has 0 saturated carbocycles. The van der Waals surface area contributed by atoms with Gasteiger partial charge < -0.3 is 14.5 Å². The minimum Gasteiger partial charge on any atom is -0.497 e. The van der Waals surface area contributed by atoms with E-state index in [2.05, 4.69) is 20.0 Å². The quantitative estimate of drug-likeness (QED) is 0.691. The van der Waals surface area contributed by atoms with Gasteiger partial charge in [-0.15, -0.1) is 0 Å². The fourth-order valence-corrected chi connectivity index (χ4v) is 3.23. The molecule has 3 heterocycles. The van der Waals surface area contributed by atoms with Crippen molar-refractivity contribution in [2.45, 2.75) is 6.92 Å². The van der Waals surface area contributed by atoms with Crippen molar-refractivity contribution in [2.75, 3.05) is 38.2 Å². The topological polar surface area (TPSA) is 76.4 Å². The molecule has 0 unspecified atom stereocenters. The van der Waals surface area contributed by atoms with Crippen molar-refractivity contribution in [3.63, 3.8) is 0 Å². The Kier molecular flexibility index (Phi) is 4.92. The molecule has 0 bridgehead atoms. The number of hydrogen-bond donors (Lipinski definition) is 0. The second-order valence-electron chi connectivity index (χ2n) is 6.64. The Hall–Kier alpha value is -3.42. The summed E-state index contributed by atoms with van der Waals surface area (Å²) in [6.45, 7) is 4.67. The predicted molar refractivity (Wildman–Crippen MR) is 105 cm³/mol. The Balaban J connectivity index is 1.42. The van der Waals surface area contributed by atoms with Crippen LogP contribution in [0.25, 0.3) is 5.82 Å². The van der Waals surface area contributed by atoms with Crippen LogP contribution in [0.2, 0.25) is 0 Å². The smallest absolute Gasteiger partial charge is 0.253 e. The highest BCUT2D eigenvalue weighted by molar-refractivity contribution is 5.94. The predicted octanol–water partition coefficient (Wildman–Crippen LogP) is 1.94. The second kappa shape index (κ2) is 7.67. The molecule has 4 rings (SSSR count). The van der Waals surface area contributed by atoms with Crippen molar-refractivity contribution in [3.05, 3.63) is 60.2 Å². The van der Waals surface area contributed by atoms with Crippen molar-refractivity contribution >= 4 is 11.7 Å². The first kappa shape index (κ1) is 18.0. The monoisotopic (exact) mass is 378 g/mol. The number of methoxy groups -OCH3 is 1. The Labute approximate surface area is 163 Å². The summed E-state index contributed by atoms with van der Waals surface area (Å²) >= 11 is 0. The van der Waals surface area contributed by atoms with Gasteiger partial charge in [0.05, 0.1) is 12.8 Å². The van der Waals surface area contributed by atoms with E-state index >= 15 is 0 Å². The average Bonchev–Trinajstić information content (AvgIpc) is 3.20. The van der Waals surface area contributed by atoms with Gasteiger partial charge in [-0.05, 0) is 37.3 Å². The fraction of sp³-hybridized carbons (Fsp3) is 0.300. The number of carbonyl (C=O) groups is 1. The summed E-state index contributed by atoms with van der Waals surface area (Å²) in [4.78, 5) is 25.5. The summed E-state index contributed by atoms with van der Waals surface area (Å²) < 4.78 is 6.89. The van der Waals surface area contributed by atoms with Gasteiger partial charge in [0, 0.05) is 44.0 Å². The third kappa shape index (κ3) is 3.66. The Bertz CT molecular complexity index is 961. The molecule has 8 nitrogen and oxygen atoms in total. The maximum absolute atomic E-state index is 12.7. The first-order valence-electron chi connectivity index (χ1n) is 9.17. The number of nitrogens with zero attached hydrogens (tertiary/aromatic N) is 6. The fourth-order valence-electron chi connectivity index (χ4n) is 3.23. The number of rotatable bonds is 4. The van der Waals surface area contributed by atoms with Gasteiger partial charge in [0.25, 0.3) is 5.91 Å². The number of piperazine rings is 1. The third-order valence-electron chi connectivity index (χ3n) is 4.82. The highest BCUT2D eigenvalue weighted by Crippen LogP contribution is 2.18. The summed E-state index contributed by atoms with van der Waals surface area (Å²) in [5.74, 6) is 2.36. The number of hydrogen-bond acceptors (Lipinski definition) is 6. The van der Waals surface area contributed by atoms with Gasteiger partial charge in [-0.25, -0.2) is 14.6 Å². The molecule has 0 spiro atoms.